The van der Waals surface area contributed by atoms with Crippen molar-refractivity contribution in [3.8, 4) is 0 Å². The fourth-order valence-electron chi connectivity index (χ4n) is 1.74. The maximum atomic E-state index is 10.8. The topological polar surface area (TPSA) is 31.9 Å². The highest BCUT2D eigenvalue weighted by Crippen LogP contribution is 2.21. The molecule has 1 heterocycles. The number of fused-ring (bicyclic) bond motifs is 1. The first-order valence-electron chi connectivity index (χ1n) is 4.31. The molecule has 1 N–H and O–H groups in total. The molecule has 1 radical (unpaired) electrons. The molecule has 2 rings (SSSR count). The fourth-order valence-corrected chi connectivity index (χ4v) is 1.74. The molecule has 0 saturated carbocycles. The van der Waals surface area contributed by atoms with Crippen molar-refractivity contribution >= 4 is 0 Å². The number of nitrogens with one attached hydrogen (secondary N) is 1. The van der Waals surface area contributed by atoms with Gasteiger partial charge in [-0.05, 0) is 24.1 Å². The van der Waals surface area contributed by atoms with Crippen LogP contribution in [0.2, 0.25) is 0 Å². The van der Waals surface area contributed by atoms with E-state index in [1.165, 1.54) is 11.1 Å². The van der Waals surface area contributed by atoms with E-state index in [4.69, 9.17) is 0 Å². The van der Waals surface area contributed by atoms with Gasteiger partial charge in [0.1, 0.15) is 6.61 Å². The summed E-state index contributed by atoms with van der Waals surface area (Å²) in [7, 11) is 0. The quantitative estimate of drug-likeness (QED) is 0.663. The van der Waals surface area contributed by atoms with Gasteiger partial charge in [0.25, 0.3) is 0 Å². The zero-order chi connectivity index (χ0) is 8.39. The Kier molecular flexibility index (Phi) is 2.11. The zero-order valence-corrected chi connectivity index (χ0v) is 6.92. The second-order valence-corrected chi connectivity index (χ2v) is 3.12. The molecule has 63 valence electrons. The molecule has 0 aliphatic carbocycles. The summed E-state index contributed by atoms with van der Waals surface area (Å²) in [6.07, 6.45) is 1.05. The van der Waals surface area contributed by atoms with E-state index in [1.54, 1.807) is 0 Å². The van der Waals surface area contributed by atoms with Crippen molar-refractivity contribution in [2.75, 3.05) is 13.2 Å². The van der Waals surface area contributed by atoms with Gasteiger partial charge in [-0.3, -0.25) is 0 Å². The molecular weight excluding hydrogens is 150 g/mol. The molecule has 0 amide bonds. The average Bonchev–Trinajstić information content (AvgIpc) is 2.17. The third-order valence-corrected chi connectivity index (χ3v) is 2.38. The second kappa shape index (κ2) is 3.25. The maximum absolute atomic E-state index is 10.8. The van der Waals surface area contributed by atoms with Crippen molar-refractivity contribution in [1.29, 1.82) is 0 Å². The van der Waals surface area contributed by atoms with Gasteiger partial charge in [-0.1, -0.05) is 24.3 Å². The lowest BCUT2D eigenvalue weighted by atomic mass is 9.95. The summed E-state index contributed by atoms with van der Waals surface area (Å²) in [6, 6.07) is 8.22. The van der Waals surface area contributed by atoms with Crippen LogP contribution in [0.15, 0.2) is 24.3 Å². The number of benzene rings is 1. The van der Waals surface area contributed by atoms with Crippen molar-refractivity contribution in [3.05, 3.63) is 35.4 Å². The van der Waals surface area contributed by atoms with E-state index >= 15 is 0 Å². The Morgan fingerprint density at radius 1 is 1.42 bits per heavy atom. The highest BCUT2D eigenvalue weighted by molar-refractivity contribution is 5.32. The van der Waals surface area contributed by atoms with Crippen LogP contribution in [0.4, 0.5) is 0 Å². The van der Waals surface area contributed by atoms with Gasteiger partial charge < -0.3 is 5.32 Å². The van der Waals surface area contributed by atoms with Crippen molar-refractivity contribution in [2.24, 2.45) is 0 Å². The van der Waals surface area contributed by atoms with Gasteiger partial charge in [0, 0.05) is 0 Å². The standard InChI is InChI=1S/C10H12NO/c12-7-10-9-4-2-1-3-8(9)5-6-11-10/h1-4,10-11H,5-7H2. The fraction of sp³-hybridized carbons (Fsp3) is 0.400. The van der Waals surface area contributed by atoms with E-state index in [0.717, 1.165) is 13.0 Å². The minimum atomic E-state index is -0.0585. The van der Waals surface area contributed by atoms with Gasteiger partial charge in [0.2, 0.25) is 0 Å². The summed E-state index contributed by atoms with van der Waals surface area (Å²) in [6.45, 7) is 0.876. The third-order valence-electron chi connectivity index (χ3n) is 2.38. The molecule has 1 unspecified atom stereocenters. The summed E-state index contributed by atoms with van der Waals surface area (Å²) >= 11 is 0. The molecule has 12 heavy (non-hydrogen) atoms. The minimum Gasteiger partial charge on any atom is -0.308 e. The lowest BCUT2D eigenvalue weighted by molar-refractivity contribution is 0.156. The predicted molar refractivity (Wildman–Crippen MR) is 46.4 cm³/mol. The van der Waals surface area contributed by atoms with Crippen LogP contribution < -0.4 is 5.32 Å². The van der Waals surface area contributed by atoms with E-state index in [9.17, 15) is 5.11 Å². The van der Waals surface area contributed by atoms with Crippen LogP contribution in [-0.4, -0.2) is 13.2 Å². The van der Waals surface area contributed by atoms with Crippen LogP contribution >= 0.6 is 0 Å². The van der Waals surface area contributed by atoms with Crippen LogP contribution in [0.5, 0.6) is 0 Å². The van der Waals surface area contributed by atoms with Gasteiger partial charge in [-0.25, -0.2) is 5.11 Å². The first-order valence-corrected chi connectivity index (χ1v) is 4.31. The molecule has 1 aromatic rings. The van der Waals surface area contributed by atoms with E-state index in [1.807, 2.05) is 18.2 Å². The third kappa shape index (κ3) is 1.24. The van der Waals surface area contributed by atoms with Gasteiger partial charge >= 0.3 is 0 Å². The van der Waals surface area contributed by atoms with E-state index in [-0.39, 0.29) is 12.6 Å². The van der Waals surface area contributed by atoms with E-state index in [2.05, 4.69) is 11.4 Å². The number of hydrogen-bond donors (Lipinski definition) is 1. The molecule has 0 bridgehead atoms. The van der Waals surface area contributed by atoms with Crippen molar-refractivity contribution in [3.63, 3.8) is 0 Å². The van der Waals surface area contributed by atoms with E-state index in [0.29, 0.717) is 0 Å². The first kappa shape index (κ1) is 7.77. The van der Waals surface area contributed by atoms with Crippen LogP contribution in [-0.2, 0) is 11.5 Å². The van der Waals surface area contributed by atoms with Crippen molar-refractivity contribution < 1.29 is 5.11 Å². The summed E-state index contributed by atoms with van der Waals surface area (Å²) in [4.78, 5) is 0. The lowest BCUT2D eigenvalue weighted by Gasteiger charge is -2.24. The number of rotatable bonds is 1. The second-order valence-electron chi connectivity index (χ2n) is 3.12. The van der Waals surface area contributed by atoms with Crippen molar-refractivity contribution in [2.45, 2.75) is 12.5 Å². The Morgan fingerprint density at radius 2 is 2.25 bits per heavy atom. The summed E-state index contributed by atoms with van der Waals surface area (Å²) in [5.41, 5.74) is 2.52. The van der Waals surface area contributed by atoms with Crippen LogP contribution in [0, 0.1) is 0 Å². The molecule has 2 nitrogen and oxygen atoms in total. The van der Waals surface area contributed by atoms with Crippen molar-refractivity contribution in [1.82, 2.24) is 5.32 Å². The van der Waals surface area contributed by atoms with Crippen LogP contribution in [0.3, 0.4) is 0 Å². The molecule has 1 aliphatic rings. The first-order chi connectivity index (χ1) is 5.92. The van der Waals surface area contributed by atoms with Gasteiger partial charge in [0.15, 0.2) is 0 Å². The smallest absolute Gasteiger partial charge is 0.102 e. The minimum absolute atomic E-state index is 0.0370. The monoisotopic (exact) mass is 162 g/mol. The normalized spacial score (nSPS) is 21.9. The SMILES string of the molecule is [O]CC1NCCc2ccccc21. The Balaban J connectivity index is 2.37. The summed E-state index contributed by atoms with van der Waals surface area (Å²) in [5.74, 6) is 0. The van der Waals surface area contributed by atoms with Crippen LogP contribution in [0.25, 0.3) is 0 Å². The Labute approximate surface area is 72.2 Å². The Bertz CT molecular complexity index is 272. The largest absolute Gasteiger partial charge is 0.308 e. The van der Waals surface area contributed by atoms with Gasteiger partial charge in [0.05, 0.1) is 6.04 Å². The number of hydrogen-bond acceptors (Lipinski definition) is 1. The molecule has 1 aromatic carbocycles. The molecule has 2 heteroatoms. The molecule has 1 aliphatic heterocycles. The average molecular weight is 162 g/mol. The van der Waals surface area contributed by atoms with Crippen LogP contribution in [0.1, 0.15) is 17.2 Å². The Morgan fingerprint density at radius 3 is 3.08 bits per heavy atom. The predicted octanol–water partition coefficient (Wildman–Crippen LogP) is 1.30. The molecule has 1 atom stereocenters. The molecule has 0 fully saturated rings. The lowest BCUT2D eigenvalue weighted by Crippen LogP contribution is -2.31. The summed E-state index contributed by atoms with van der Waals surface area (Å²) in [5, 5.41) is 14.0. The Hall–Kier alpha value is -0.860. The van der Waals surface area contributed by atoms with Gasteiger partial charge in [-0.2, -0.15) is 0 Å². The molecule has 0 saturated heterocycles. The zero-order valence-electron chi connectivity index (χ0n) is 6.92. The summed E-state index contributed by atoms with van der Waals surface area (Å²) < 4.78 is 0. The molecule has 0 spiro atoms. The van der Waals surface area contributed by atoms with Gasteiger partial charge in [-0.15, -0.1) is 0 Å². The highest BCUT2D eigenvalue weighted by Gasteiger charge is 2.17. The van der Waals surface area contributed by atoms with E-state index < -0.39 is 0 Å². The highest BCUT2D eigenvalue weighted by atomic mass is 16.3. The molecular formula is C10H12NO. The molecule has 0 aromatic heterocycles. The maximum Gasteiger partial charge on any atom is 0.102 e.